The van der Waals surface area contributed by atoms with Crippen LogP contribution in [0.5, 0.6) is 0 Å². The molecule has 2 amide bonds. The van der Waals surface area contributed by atoms with Gasteiger partial charge in [-0.1, -0.05) is 45.0 Å². The molecule has 27 heavy (non-hydrogen) atoms. The van der Waals surface area contributed by atoms with Crippen LogP contribution >= 0.6 is 0 Å². The van der Waals surface area contributed by atoms with Gasteiger partial charge in [0.05, 0.1) is 0 Å². The Kier molecular flexibility index (Phi) is 5.85. The van der Waals surface area contributed by atoms with Crippen LogP contribution in [-0.4, -0.2) is 54.2 Å². The molecule has 0 aromatic heterocycles. The Balaban J connectivity index is 1.70. The van der Waals surface area contributed by atoms with Gasteiger partial charge in [-0.25, -0.2) is 4.79 Å². The Bertz CT molecular complexity index is 672. The van der Waals surface area contributed by atoms with Gasteiger partial charge in [0.25, 0.3) is 0 Å². The van der Waals surface area contributed by atoms with E-state index in [9.17, 15) is 9.90 Å². The molecule has 0 saturated carbocycles. The molecule has 4 nitrogen and oxygen atoms in total. The second kappa shape index (κ2) is 7.83. The number of carbonyl (C=O) groups excluding carboxylic acids is 1. The van der Waals surface area contributed by atoms with Gasteiger partial charge < -0.3 is 14.9 Å². The van der Waals surface area contributed by atoms with Crippen molar-refractivity contribution in [3.05, 3.63) is 35.4 Å². The summed E-state index contributed by atoms with van der Waals surface area (Å²) >= 11 is 0. The third-order valence-corrected chi connectivity index (χ3v) is 7.45. The number of nitrogens with zero attached hydrogens (tertiary/aromatic N) is 2. The molecular formula is C23H36N2O2. The maximum atomic E-state index is 12.9. The molecule has 4 heteroatoms. The first-order chi connectivity index (χ1) is 12.8. The number of hydrogen-bond donors (Lipinski definition) is 1. The zero-order chi connectivity index (χ0) is 19.7. The molecule has 1 aliphatic heterocycles. The molecule has 3 rings (SSSR count). The van der Waals surface area contributed by atoms with Crippen molar-refractivity contribution in [1.82, 2.24) is 9.80 Å². The number of aryl methyl sites for hydroxylation is 1. The number of piperidine rings is 1. The molecule has 2 atom stereocenters. The molecule has 1 heterocycles. The van der Waals surface area contributed by atoms with Gasteiger partial charge in [0, 0.05) is 33.3 Å². The van der Waals surface area contributed by atoms with E-state index in [0.29, 0.717) is 6.54 Å². The molecule has 150 valence electrons. The molecule has 1 N–H and O–H groups in total. The van der Waals surface area contributed by atoms with E-state index in [0.717, 1.165) is 38.8 Å². The van der Waals surface area contributed by atoms with Gasteiger partial charge in [-0.2, -0.15) is 0 Å². The predicted molar refractivity (Wildman–Crippen MR) is 110 cm³/mol. The normalized spacial score (nSPS) is 27.1. The van der Waals surface area contributed by atoms with Crippen LogP contribution in [0, 0.1) is 11.3 Å². The first-order valence-electron chi connectivity index (χ1n) is 10.5. The fourth-order valence-corrected chi connectivity index (χ4v) is 4.95. The SMILES string of the molecule is CN(CC[C@@]1(C)c2ccccc2CCC1(C)C)C(=O)N1CCCC(CO)C1. The lowest BCUT2D eigenvalue weighted by Crippen LogP contribution is -2.49. The van der Waals surface area contributed by atoms with Gasteiger partial charge in [0.15, 0.2) is 0 Å². The second-order valence-electron chi connectivity index (χ2n) is 9.46. The van der Waals surface area contributed by atoms with Crippen molar-refractivity contribution in [2.24, 2.45) is 11.3 Å². The van der Waals surface area contributed by atoms with E-state index < -0.39 is 0 Å². The van der Waals surface area contributed by atoms with Crippen molar-refractivity contribution in [2.75, 3.05) is 33.3 Å². The lowest BCUT2D eigenvalue weighted by molar-refractivity contribution is 0.0986. The summed E-state index contributed by atoms with van der Waals surface area (Å²) in [5.74, 6) is 0.234. The molecule has 1 aromatic rings. The van der Waals surface area contributed by atoms with Crippen molar-refractivity contribution in [1.29, 1.82) is 0 Å². The summed E-state index contributed by atoms with van der Waals surface area (Å²) in [7, 11) is 1.93. The number of benzene rings is 1. The van der Waals surface area contributed by atoms with Gasteiger partial charge in [-0.15, -0.1) is 0 Å². The van der Waals surface area contributed by atoms with Crippen LogP contribution in [0.15, 0.2) is 24.3 Å². The average molecular weight is 373 g/mol. The maximum absolute atomic E-state index is 12.9. The van der Waals surface area contributed by atoms with E-state index in [-0.39, 0.29) is 29.4 Å². The first kappa shape index (κ1) is 20.2. The number of aliphatic hydroxyl groups excluding tert-OH is 1. The van der Waals surface area contributed by atoms with Crippen LogP contribution in [0.2, 0.25) is 0 Å². The van der Waals surface area contributed by atoms with Gasteiger partial charge >= 0.3 is 6.03 Å². The number of carbonyl (C=O) groups is 1. The fourth-order valence-electron chi connectivity index (χ4n) is 4.95. The highest BCUT2D eigenvalue weighted by Crippen LogP contribution is 2.51. The van der Waals surface area contributed by atoms with Crippen LogP contribution in [0.25, 0.3) is 0 Å². The van der Waals surface area contributed by atoms with Crippen molar-refractivity contribution in [3.8, 4) is 0 Å². The van der Waals surface area contributed by atoms with E-state index in [1.807, 2.05) is 16.8 Å². The van der Waals surface area contributed by atoms with Gasteiger partial charge in [0.2, 0.25) is 0 Å². The lowest BCUT2D eigenvalue weighted by atomic mass is 9.55. The van der Waals surface area contributed by atoms with E-state index in [1.54, 1.807) is 0 Å². The third-order valence-electron chi connectivity index (χ3n) is 7.45. The predicted octanol–water partition coefficient (Wildman–Crippen LogP) is 4.06. The van der Waals surface area contributed by atoms with Crippen LogP contribution in [0.4, 0.5) is 4.79 Å². The van der Waals surface area contributed by atoms with Crippen LogP contribution in [-0.2, 0) is 11.8 Å². The highest BCUT2D eigenvalue weighted by Gasteiger charge is 2.45. The minimum absolute atomic E-state index is 0.0614. The largest absolute Gasteiger partial charge is 0.396 e. The highest BCUT2D eigenvalue weighted by molar-refractivity contribution is 5.74. The second-order valence-corrected chi connectivity index (χ2v) is 9.46. The summed E-state index contributed by atoms with van der Waals surface area (Å²) in [6.45, 7) is 9.56. The number of likely N-dealkylation sites (tertiary alicyclic amines) is 1. The Morgan fingerprint density at radius 3 is 2.78 bits per heavy atom. The summed E-state index contributed by atoms with van der Waals surface area (Å²) in [4.78, 5) is 16.7. The Hall–Kier alpha value is -1.55. The molecule has 1 fully saturated rings. The summed E-state index contributed by atoms with van der Waals surface area (Å²) < 4.78 is 0. The molecule has 1 unspecified atom stereocenters. The number of aliphatic hydroxyl groups is 1. The Labute approximate surface area is 164 Å². The molecule has 1 saturated heterocycles. The quantitative estimate of drug-likeness (QED) is 0.866. The summed E-state index contributed by atoms with van der Waals surface area (Å²) in [6.07, 6.45) is 5.30. The van der Waals surface area contributed by atoms with E-state index in [1.165, 1.54) is 17.5 Å². The fraction of sp³-hybridized carbons (Fsp3) is 0.696. The zero-order valence-corrected chi connectivity index (χ0v) is 17.5. The van der Waals surface area contributed by atoms with Crippen molar-refractivity contribution < 1.29 is 9.90 Å². The van der Waals surface area contributed by atoms with Gasteiger partial charge in [0.1, 0.15) is 0 Å². The summed E-state index contributed by atoms with van der Waals surface area (Å²) in [6, 6.07) is 8.95. The number of hydrogen-bond acceptors (Lipinski definition) is 2. The van der Waals surface area contributed by atoms with Crippen LogP contribution in [0.3, 0.4) is 0 Å². The Morgan fingerprint density at radius 1 is 1.30 bits per heavy atom. The molecule has 0 radical (unpaired) electrons. The standard InChI is InChI=1S/C23H36N2O2/c1-22(2)12-11-19-9-5-6-10-20(19)23(22,3)13-15-24(4)21(27)25-14-7-8-18(16-25)17-26/h5-6,9-10,18,26H,7-8,11-17H2,1-4H3/t18?,23-/m0/s1. The van der Waals surface area contributed by atoms with Crippen molar-refractivity contribution in [2.45, 2.75) is 58.3 Å². The average Bonchev–Trinajstić information content (AvgIpc) is 2.69. The van der Waals surface area contributed by atoms with Crippen molar-refractivity contribution >= 4 is 6.03 Å². The summed E-state index contributed by atoms with van der Waals surface area (Å²) in [5.41, 5.74) is 3.19. The van der Waals surface area contributed by atoms with E-state index >= 15 is 0 Å². The molecule has 2 aliphatic rings. The number of urea groups is 1. The highest BCUT2D eigenvalue weighted by atomic mass is 16.3. The molecule has 0 bridgehead atoms. The number of rotatable bonds is 4. The number of amides is 2. The van der Waals surface area contributed by atoms with Crippen LogP contribution < -0.4 is 0 Å². The van der Waals surface area contributed by atoms with Crippen LogP contribution in [0.1, 0.15) is 57.6 Å². The minimum Gasteiger partial charge on any atom is -0.396 e. The summed E-state index contributed by atoms with van der Waals surface area (Å²) in [5, 5.41) is 9.44. The Morgan fingerprint density at radius 2 is 2.04 bits per heavy atom. The lowest BCUT2D eigenvalue weighted by Gasteiger charge is -2.50. The molecule has 1 aliphatic carbocycles. The topological polar surface area (TPSA) is 43.8 Å². The third kappa shape index (κ3) is 3.87. The maximum Gasteiger partial charge on any atom is 0.319 e. The molecule has 0 spiro atoms. The number of fused-ring (bicyclic) bond motifs is 1. The van der Waals surface area contributed by atoms with E-state index in [2.05, 4.69) is 45.0 Å². The monoisotopic (exact) mass is 372 g/mol. The molecule has 1 aromatic carbocycles. The minimum atomic E-state index is 0.0614. The van der Waals surface area contributed by atoms with Crippen molar-refractivity contribution in [3.63, 3.8) is 0 Å². The first-order valence-corrected chi connectivity index (χ1v) is 10.5. The van der Waals surface area contributed by atoms with E-state index in [4.69, 9.17) is 0 Å². The smallest absolute Gasteiger partial charge is 0.319 e. The zero-order valence-electron chi connectivity index (χ0n) is 17.5. The molecular weight excluding hydrogens is 336 g/mol. The van der Waals surface area contributed by atoms with Gasteiger partial charge in [-0.05, 0) is 60.0 Å². The van der Waals surface area contributed by atoms with Gasteiger partial charge in [-0.3, -0.25) is 0 Å².